The van der Waals surface area contributed by atoms with Gasteiger partial charge >= 0.3 is 29.6 Å². The molecule has 0 saturated heterocycles. The van der Waals surface area contributed by atoms with Gasteiger partial charge in [0.25, 0.3) is 10.1 Å². The summed E-state index contributed by atoms with van der Waals surface area (Å²) < 4.78 is 38.4. The monoisotopic (exact) mass is 442 g/mol. The summed E-state index contributed by atoms with van der Waals surface area (Å²) in [5.74, 6) is -0.471. The fraction of sp³-hybridized carbons (Fsp3) is 0.478. The summed E-state index contributed by atoms with van der Waals surface area (Å²) in [6, 6.07) is 11.4. The van der Waals surface area contributed by atoms with Crippen LogP contribution in [0.4, 0.5) is 0 Å². The van der Waals surface area contributed by atoms with Gasteiger partial charge < -0.3 is 9.84 Å². The van der Waals surface area contributed by atoms with Crippen molar-refractivity contribution in [3.8, 4) is 17.2 Å². The van der Waals surface area contributed by atoms with Crippen LogP contribution in [0.25, 0.3) is 0 Å². The third-order valence-corrected chi connectivity index (χ3v) is 5.80. The van der Waals surface area contributed by atoms with Crippen molar-refractivity contribution < 1.29 is 52.4 Å². The summed E-state index contributed by atoms with van der Waals surface area (Å²) in [4.78, 5) is -0.711. The largest absolute Gasteiger partial charge is 1.00 e. The Morgan fingerprint density at radius 2 is 1.47 bits per heavy atom. The zero-order valence-corrected chi connectivity index (χ0v) is 20.9. The molecule has 0 heterocycles. The molecule has 0 saturated carbocycles. The minimum absolute atomic E-state index is 0. The van der Waals surface area contributed by atoms with Crippen molar-refractivity contribution in [1.29, 1.82) is 0 Å². The molecule has 5 nitrogen and oxygen atoms in total. The number of aryl methyl sites for hydroxylation is 1. The van der Waals surface area contributed by atoms with E-state index in [1.807, 2.05) is 0 Å². The van der Waals surface area contributed by atoms with Crippen LogP contribution in [0.5, 0.6) is 17.2 Å². The number of hydrogen-bond acceptors (Lipinski definition) is 4. The summed E-state index contributed by atoms with van der Waals surface area (Å²) >= 11 is 0. The van der Waals surface area contributed by atoms with Crippen LogP contribution in [-0.4, -0.2) is 13.0 Å². The maximum Gasteiger partial charge on any atom is 1.00 e. The molecule has 0 atom stereocenters. The van der Waals surface area contributed by atoms with Gasteiger partial charge in [0, 0.05) is 0 Å². The average Bonchev–Trinajstić information content (AvgIpc) is 2.66. The smallest absolute Gasteiger partial charge is 0.871 e. The molecule has 0 aliphatic rings. The van der Waals surface area contributed by atoms with Gasteiger partial charge in [-0.1, -0.05) is 88.3 Å². The van der Waals surface area contributed by atoms with Gasteiger partial charge in [0.05, 0.1) is 0 Å². The molecule has 0 spiro atoms. The molecule has 0 aliphatic carbocycles. The van der Waals surface area contributed by atoms with Gasteiger partial charge in [-0.2, -0.15) is 8.42 Å². The molecule has 0 aliphatic heterocycles. The molecule has 2 rings (SSSR count). The minimum Gasteiger partial charge on any atom is -0.871 e. The van der Waals surface area contributed by atoms with E-state index in [-0.39, 0.29) is 35.3 Å². The van der Waals surface area contributed by atoms with Crippen molar-refractivity contribution >= 4 is 10.1 Å². The molecule has 0 bridgehead atoms. The van der Waals surface area contributed by atoms with Gasteiger partial charge in [0.2, 0.25) is 0 Å². The van der Waals surface area contributed by atoms with Crippen molar-refractivity contribution in [2.45, 2.75) is 76.0 Å². The van der Waals surface area contributed by atoms with E-state index in [2.05, 4.69) is 6.92 Å². The number of rotatable bonds is 13. The fourth-order valence-electron chi connectivity index (χ4n) is 3.36. The van der Waals surface area contributed by atoms with E-state index in [0.29, 0.717) is 12.2 Å². The first kappa shape index (κ1) is 27.0. The molecule has 0 aromatic heterocycles. The second-order valence-corrected chi connectivity index (χ2v) is 8.75. The summed E-state index contributed by atoms with van der Waals surface area (Å²) in [5.41, 5.74) is 0.719. The van der Waals surface area contributed by atoms with E-state index in [1.54, 1.807) is 36.4 Å². The van der Waals surface area contributed by atoms with Crippen molar-refractivity contribution in [3.05, 3.63) is 48.0 Å². The summed E-state index contributed by atoms with van der Waals surface area (Å²) in [6.45, 7) is 2.21. The number of para-hydroxylation sites is 1. The first-order valence-corrected chi connectivity index (χ1v) is 11.9. The summed E-state index contributed by atoms with van der Waals surface area (Å²) in [6.07, 6.45) is 11.5. The van der Waals surface area contributed by atoms with Crippen LogP contribution in [0.15, 0.2) is 47.4 Å². The van der Waals surface area contributed by atoms with Crippen LogP contribution in [0.2, 0.25) is 0 Å². The third kappa shape index (κ3) is 9.40. The predicted molar refractivity (Wildman–Crippen MR) is 113 cm³/mol. The zero-order chi connectivity index (χ0) is 21.1. The number of ether oxygens (including phenoxy) is 1. The van der Waals surface area contributed by atoms with E-state index < -0.39 is 20.8 Å². The molecule has 7 heteroatoms. The molecule has 30 heavy (non-hydrogen) atoms. The van der Waals surface area contributed by atoms with Gasteiger partial charge in [-0.3, -0.25) is 4.55 Å². The van der Waals surface area contributed by atoms with Crippen LogP contribution < -0.4 is 39.4 Å². The molecule has 0 unspecified atom stereocenters. The predicted octanol–water partition coefficient (Wildman–Crippen LogP) is 2.88. The number of unbranched alkanes of at least 4 members (excludes halogenated alkanes) is 8. The standard InChI is InChI=1S/C23H32O5S.Na/c1-2-3-4-5-6-7-8-9-11-14-19-17-21(24)23(29(25,26)27)22(18-19)28-20-15-12-10-13-16-20;/h10,12-13,15-18,24H,2-9,11,14H2,1H3,(H,25,26,27);/q;+1/p-1. The Bertz CT molecular complexity index is 853. The SMILES string of the molecule is CCCCCCCCCCCc1cc([O-])c(S(=O)(=O)O)c(Oc2ccccc2)c1.[Na+]. The van der Waals surface area contributed by atoms with E-state index in [4.69, 9.17) is 4.74 Å². The van der Waals surface area contributed by atoms with Crippen molar-refractivity contribution in [2.75, 3.05) is 0 Å². The average molecular weight is 443 g/mol. The molecule has 0 amide bonds. The minimum atomic E-state index is -4.68. The van der Waals surface area contributed by atoms with E-state index in [9.17, 15) is 18.1 Å². The number of hydrogen-bond donors (Lipinski definition) is 1. The van der Waals surface area contributed by atoms with Gasteiger partial charge in [-0.05, 0) is 36.6 Å². The summed E-state index contributed by atoms with van der Waals surface area (Å²) in [7, 11) is -4.68. The Hall–Kier alpha value is -1.05. The molecule has 0 radical (unpaired) electrons. The van der Waals surface area contributed by atoms with E-state index in [0.717, 1.165) is 24.8 Å². The van der Waals surface area contributed by atoms with Gasteiger partial charge in [-0.25, -0.2) is 0 Å². The van der Waals surface area contributed by atoms with Crippen LogP contribution in [0.3, 0.4) is 0 Å². The molecule has 160 valence electrons. The number of benzene rings is 2. The first-order valence-electron chi connectivity index (χ1n) is 10.5. The Kier molecular flexibility index (Phi) is 12.7. The van der Waals surface area contributed by atoms with Crippen LogP contribution in [0.1, 0.15) is 70.3 Å². The van der Waals surface area contributed by atoms with Crippen molar-refractivity contribution in [2.24, 2.45) is 0 Å². The Balaban J connectivity index is 0.00000450. The topological polar surface area (TPSA) is 86.7 Å². The van der Waals surface area contributed by atoms with Crippen LogP contribution in [-0.2, 0) is 16.5 Å². The Morgan fingerprint density at radius 3 is 2.03 bits per heavy atom. The maximum atomic E-state index is 12.3. The molecule has 1 N–H and O–H groups in total. The van der Waals surface area contributed by atoms with E-state index in [1.165, 1.54) is 44.6 Å². The van der Waals surface area contributed by atoms with Crippen LogP contribution >= 0.6 is 0 Å². The maximum absolute atomic E-state index is 12.3. The van der Waals surface area contributed by atoms with Crippen molar-refractivity contribution in [3.63, 3.8) is 0 Å². The summed E-state index contributed by atoms with van der Waals surface area (Å²) in [5, 5.41) is 12.3. The molecule has 2 aromatic carbocycles. The zero-order valence-electron chi connectivity index (χ0n) is 18.1. The Morgan fingerprint density at radius 1 is 0.900 bits per heavy atom. The van der Waals surface area contributed by atoms with Crippen LogP contribution in [0, 0.1) is 0 Å². The molecular formula is C23H31NaO5S. The first-order chi connectivity index (χ1) is 13.9. The molecule has 0 fully saturated rings. The third-order valence-electron chi connectivity index (χ3n) is 4.88. The van der Waals surface area contributed by atoms with Crippen molar-refractivity contribution in [1.82, 2.24) is 0 Å². The van der Waals surface area contributed by atoms with Gasteiger partial charge in [0.1, 0.15) is 16.4 Å². The Labute approximate surface area is 202 Å². The van der Waals surface area contributed by atoms with E-state index >= 15 is 0 Å². The normalized spacial score (nSPS) is 11.1. The molecule has 2 aromatic rings. The quantitative estimate of drug-likeness (QED) is 0.293. The second-order valence-electron chi connectivity index (χ2n) is 7.39. The second kappa shape index (κ2) is 14.1. The van der Waals surface area contributed by atoms with Gasteiger partial charge in [-0.15, -0.1) is 0 Å². The molecular weight excluding hydrogens is 411 g/mol. The van der Waals surface area contributed by atoms with Gasteiger partial charge in [0.15, 0.2) is 0 Å². The fourth-order valence-corrected chi connectivity index (χ4v) is 4.03.